The second-order valence-electron chi connectivity index (χ2n) is 5.64. The highest BCUT2D eigenvalue weighted by Crippen LogP contribution is 2.33. The number of pyridine rings is 1. The summed E-state index contributed by atoms with van der Waals surface area (Å²) in [5.74, 6) is -0.874. The van der Waals surface area contributed by atoms with Crippen LogP contribution in [0.2, 0.25) is 0 Å². The molecule has 1 unspecified atom stereocenters. The molecule has 3 nitrogen and oxygen atoms in total. The van der Waals surface area contributed by atoms with E-state index in [-0.39, 0.29) is 11.3 Å². The fourth-order valence-corrected chi connectivity index (χ4v) is 3.38. The van der Waals surface area contributed by atoms with Gasteiger partial charge >= 0.3 is 0 Å². The molecule has 6 heteroatoms. The summed E-state index contributed by atoms with van der Waals surface area (Å²) in [6, 6.07) is 12.5. The van der Waals surface area contributed by atoms with Gasteiger partial charge in [-0.3, -0.25) is 9.19 Å². The van der Waals surface area contributed by atoms with E-state index < -0.39 is 16.9 Å². The van der Waals surface area contributed by atoms with Crippen molar-refractivity contribution in [2.75, 3.05) is 0 Å². The van der Waals surface area contributed by atoms with E-state index in [1.54, 1.807) is 18.5 Å². The largest absolute Gasteiger partial charge is 0.772 e. The number of halogens is 2. The molecule has 0 fully saturated rings. The molecule has 0 aliphatic carbocycles. The van der Waals surface area contributed by atoms with E-state index in [9.17, 15) is 13.2 Å². The summed E-state index contributed by atoms with van der Waals surface area (Å²) in [4.78, 5) is 4.16. The van der Waals surface area contributed by atoms with E-state index in [0.29, 0.717) is 5.56 Å². The number of aryl methyl sites for hydroxylation is 1. The Kier molecular flexibility index (Phi) is 5.42. The van der Waals surface area contributed by atoms with Gasteiger partial charge in [0.15, 0.2) is 0 Å². The molecule has 3 aromatic rings. The molecule has 3 rings (SSSR count). The summed E-state index contributed by atoms with van der Waals surface area (Å²) in [6.45, 7) is 2.01. The van der Waals surface area contributed by atoms with Crippen LogP contribution in [0.3, 0.4) is 0 Å². The molecule has 0 bridgehead atoms. The van der Waals surface area contributed by atoms with Crippen LogP contribution in [0.5, 0.6) is 0 Å². The van der Waals surface area contributed by atoms with Gasteiger partial charge in [-0.1, -0.05) is 51.3 Å². The number of nitrogens with zero attached hydrogens (tertiary/aromatic N) is 1. The Morgan fingerprint density at radius 3 is 2.52 bits per heavy atom. The molecule has 128 valence electrons. The minimum Gasteiger partial charge on any atom is -0.772 e. The molecule has 0 saturated heterocycles. The second-order valence-corrected chi connectivity index (χ2v) is 7.39. The molecule has 0 aliphatic rings. The van der Waals surface area contributed by atoms with Crippen molar-refractivity contribution in [2.24, 2.45) is 0 Å². The number of rotatable bonds is 4. The van der Waals surface area contributed by atoms with Crippen LogP contribution < -0.4 is 0 Å². The minimum absolute atomic E-state index is 0.155. The predicted molar refractivity (Wildman–Crippen MR) is 100 cm³/mol. The van der Waals surface area contributed by atoms with Crippen molar-refractivity contribution in [3.63, 3.8) is 0 Å². The van der Waals surface area contributed by atoms with Crippen molar-refractivity contribution in [1.29, 1.82) is 0 Å². The van der Waals surface area contributed by atoms with Crippen LogP contribution in [0.1, 0.15) is 11.1 Å². The first kappa shape index (κ1) is 17.9. The minimum atomic E-state index is -2.32. The highest BCUT2D eigenvalue weighted by molar-refractivity contribution is 9.10. The van der Waals surface area contributed by atoms with Crippen LogP contribution in [0.4, 0.5) is 4.39 Å². The van der Waals surface area contributed by atoms with Crippen LogP contribution >= 0.6 is 15.9 Å². The summed E-state index contributed by atoms with van der Waals surface area (Å²) in [5, 5.41) is 0. The number of benzene rings is 2. The van der Waals surface area contributed by atoms with Gasteiger partial charge in [0.25, 0.3) is 0 Å². The summed E-state index contributed by atoms with van der Waals surface area (Å²) < 4.78 is 36.9. The Morgan fingerprint density at radius 1 is 1.12 bits per heavy atom. The lowest BCUT2D eigenvalue weighted by molar-refractivity contribution is 0.533. The molecule has 0 radical (unpaired) electrons. The molecule has 0 amide bonds. The number of aromatic nitrogens is 1. The molecule has 25 heavy (non-hydrogen) atoms. The van der Waals surface area contributed by atoms with E-state index in [1.807, 2.05) is 31.2 Å². The second kappa shape index (κ2) is 7.56. The lowest BCUT2D eigenvalue weighted by Crippen LogP contribution is -1.97. The predicted octanol–water partition coefficient (Wildman–Crippen LogP) is 5.00. The zero-order chi connectivity index (χ0) is 18.0. The maximum Gasteiger partial charge on any atom is 0.127 e. The van der Waals surface area contributed by atoms with Crippen molar-refractivity contribution in [1.82, 2.24) is 4.98 Å². The third-order valence-corrected chi connectivity index (χ3v) is 5.36. The quantitative estimate of drug-likeness (QED) is 0.559. The van der Waals surface area contributed by atoms with Gasteiger partial charge in [0.1, 0.15) is 5.82 Å². The van der Waals surface area contributed by atoms with Gasteiger partial charge in [-0.25, -0.2) is 4.39 Å². The van der Waals surface area contributed by atoms with E-state index in [2.05, 4.69) is 20.9 Å². The first-order chi connectivity index (χ1) is 12.0. The average Bonchev–Trinajstić information content (AvgIpc) is 2.59. The Bertz CT molecular complexity index is 962. The van der Waals surface area contributed by atoms with Gasteiger partial charge in [-0.2, -0.15) is 0 Å². The summed E-state index contributed by atoms with van der Waals surface area (Å²) in [6.07, 6.45) is 3.38. The third kappa shape index (κ3) is 4.03. The highest BCUT2D eigenvalue weighted by atomic mass is 79.9. The lowest BCUT2D eigenvalue weighted by atomic mass is 9.95. The Morgan fingerprint density at radius 2 is 1.84 bits per heavy atom. The molecule has 1 aromatic heterocycles. The van der Waals surface area contributed by atoms with Gasteiger partial charge in [-0.05, 0) is 52.9 Å². The van der Waals surface area contributed by atoms with Crippen LogP contribution in [-0.2, 0) is 16.8 Å². The molecule has 2 aromatic carbocycles. The van der Waals surface area contributed by atoms with E-state index in [1.165, 1.54) is 12.1 Å². The van der Waals surface area contributed by atoms with Crippen LogP contribution in [0.25, 0.3) is 22.3 Å². The van der Waals surface area contributed by atoms with Crippen molar-refractivity contribution in [3.05, 3.63) is 76.3 Å². The molecular weight excluding hydrogens is 405 g/mol. The van der Waals surface area contributed by atoms with Gasteiger partial charge in [0, 0.05) is 28.2 Å². The van der Waals surface area contributed by atoms with Crippen LogP contribution in [-0.4, -0.2) is 13.7 Å². The standard InChI is InChI=1S/C19H15BrFNO2S/c1-12-8-13(4-5-18(12)20)16-6-7-22-10-17(16)14-2-3-15(11-25(23)24)19(21)9-14/h2-10H,11H2,1H3,(H,23,24)/p-1. The van der Waals surface area contributed by atoms with E-state index in [0.717, 1.165) is 26.7 Å². The molecular formula is C19H14BrFNO2S-. The maximum atomic E-state index is 14.2. The molecule has 0 N–H and O–H groups in total. The monoisotopic (exact) mass is 418 g/mol. The van der Waals surface area contributed by atoms with Crippen LogP contribution in [0.15, 0.2) is 59.3 Å². The number of hydrogen-bond acceptors (Lipinski definition) is 3. The molecule has 0 saturated carbocycles. The summed E-state index contributed by atoms with van der Waals surface area (Å²) in [7, 11) is 0. The fraction of sp³-hybridized carbons (Fsp3) is 0.105. The fourth-order valence-electron chi connectivity index (χ4n) is 2.65. The van der Waals surface area contributed by atoms with Crippen molar-refractivity contribution in [3.8, 4) is 22.3 Å². The first-order valence-corrected chi connectivity index (χ1v) is 9.54. The maximum absolute atomic E-state index is 14.2. The smallest absolute Gasteiger partial charge is 0.127 e. The Balaban J connectivity index is 2.08. The Labute approximate surface area is 156 Å². The van der Waals surface area contributed by atoms with Crippen molar-refractivity contribution in [2.45, 2.75) is 12.7 Å². The normalized spacial score (nSPS) is 12.2. The third-order valence-electron chi connectivity index (χ3n) is 3.93. The average molecular weight is 419 g/mol. The van der Waals surface area contributed by atoms with Gasteiger partial charge in [-0.15, -0.1) is 0 Å². The molecule has 1 heterocycles. The van der Waals surface area contributed by atoms with E-state index in [4.69, 9.17) is 0 Å². The zero-order valence-electron chi connectivity index (χ0n) is 13.3. The summed E-state index contributed by atoms with van der Waals surface area (Å²) >= 11 is 1.17. The first-order valence-electron chi connectivity index (χ1n) is 7.51. The molecule has 0 aliphatic heterocycles. The van der Waals surface area contributed by atoms with Crippen molar-refractivity contribution < 1.29 is 13.2 Å². The SMILES string of the molecule is Cc1cc(-c2ccncc2-c2ccc(CS(=O)[O-])c(F)c2)ccc1Br. The number of hydrogen-bond donors (Lipinski definition) is 0. The van der Waals surface area contributed by atoms with Gasteiger partial charge in [0.05, 0.1) is 0 Å². The zero-order valence-corrected chi connectivity index (χ0v) is 15.7. The van der Waals surface area contributed by atoms with Gasteiger partial charge in [0.2, 0.25) is 0 Å². The Hall–Kier alpha value is -1.89. The highest BCUT2D eigenvalue weighted by Gasteiger charge is 2.11. The topological polar surface area (TPSA) is 53.0 Å². The lowest BCUT2D eigenvalue weighted by Gasteiger charge is -2.12. The summed E-state index contributed by atoms with van der Waals surface area (Å²) in [5.41, 5.74) is 4.63. The molecule has 1 atom stereocenters. The van der Waals surface area contributed by atoms with E-state index >= 15 is 0 Å². The van der Waals surface area contributed by atoms with Gasteiger partial charge < -0.3 is 4.55 Å². The van der Waals surface area contributed by atoms with Crippen molar-refractivity contribution >= 4 is 27.0 Å². The molecule has 0 spiro atoms. The van der Waals surface area contributed by atoms with Crippen LogP contribution in [0, 0.1) is 12.7 Å².